The number of halogens is 5. The van der Waals surface area contributed by atoms with Gasteiger partial charge in [0.15, 0.2) is 0 Å². The Morgan fingerprint density at radius 2 is 0.900 bits per heavy atom. The molecule has 4 aromatic carbocycles. The zero-order chi connectivity index (χ0) is 28.5. The lowest BCUT2D eigenvalue weighted by Crippen LogP contribution is -2.04. The molecule has 0 bridgehead atoms. The molecule has 4 rings (SSSR count). The van der Waals surface area contributed by atoms with Gasteiger partial charge in [0.25, 0.3) is 0 Å². The third-order valence-electron chi connectivity index (χ3n) is 7.38. The maximum absolute atomic E-state index is 14.6. The highest BCUT2D eigenvalue weighted by Gasteiger charge is 2.30. The summed E-state index contributed by atoms with van der Waals surface area (Å²) in [6.45, 7) is 2.02. The molecule has 4 aromatic rings. The molecule has 0 aliphatic heterocycles. The quantitative estimate of drug-likeness (QED) is 0.122. The second-order valence-corrected chi connectivity index (χ2v) is 10.5. The predicted octanol–water partition coefficient (Wildman–Crippen LogP) is 11.1. The van der Waals surface area contributed by atoms with E-state index in [0.717, 1.165) is 92.2 Å². The van der Waals surface area contributed by atoms with Crippen LogP contribution in [0.25, 0.3) is 22.3 Å². The predicted molar refractivity (Wildman–Crippen MR) is 153 cm³/mol. The maximum Gasteiger partial charge on any atom is 0.416 e. The Hall–Kier alpha value is -3.47. The first-order valence-corrected chi connectivity index (χ1v) is 14.0. The molecule has 0 amide bonds. The highest BCUT2D eigenvalue weighted by Crippen LogP contribution is 2.32. The summed E-state index contributed by atoms with van der Waals surface area (Å²) in [7, 11) is 0. The molecule has 0 unspecified atom stereocenters. The zero-order valence-corrected chi connectivity index (χ0v) is 22.8. The smallest absolute Gasteiger partial charge is 0.206 e. The molecule has 0 spiro atoms. The number of aryl methyl sites for hydroxylation is 3. The van der Waals surface area contributed by atoms with E-state index in [1.54, 1.807) is 12.1 Å². The minimum atomic E-state index is -4.41. The molecule has 0 aromatic heterocycles. The number of rotatable bonds is 12. The van der Waals surface area contributed by atoms with Gasteiger partial charge >= 0.3 is 6.18 Å². The first-order chi connectivity index (χ1) is 19.2. The summed E-state index contributed by atoms with van der Waals surface area (Å²) in [5.74, 6) is -0.586. The maximum atomic E-state index is 14.6. The molecular weight excluding hydrogens is 515 g/mol. The molecule has 0 heterocycles. The standard InChI is InChI=1S/C35H35F5/c1-25-11-15-28(16-12-25)31-21-13-26(23-33(31)36)9-7-5-3-2-4-6-8-10-27-14-22-32(34(37)24-27)29-17-19-30(20-18-29)35(38,39)40/h11-24H,2-10H2,1H3. The Morgan fingerprint density at radius 3 is 1.30 bits per heavy atom. The normalized spacial score (nSPS) is 11.7. The number of hydrogen-bond donors (Lipinski definition) is 0. The molecule has 0 saturated carbocycles. The molecule has 5 heteroatoms. The molecule has 0 aliphatic rings. The van der Waals surface area contributed by atoms with Gasteiger partial charge in [0.1, 0.15) is 11.6 Å². The van der Waals surface area contributed by atoms with Crippen LogP contribution in [0.2, 0.25) is 0 Å². The Labute approximate surface area is 233 Å². The highest BCUT2D eigenvalue weighted by molar-refractivity contribution is 5.65. The Balaban J connectivity index is 1.11. The lowest BCUT2D eigenvalue weighted by Gasteiger charge is -2.09. The van der Waals surface area contributed by atoms with Crippen molar-refractivity contribution in [2.45, 2.75) is 70.9 Å². The average Bonchev–Trinajstić information content (AvgIpc) is 2.92. The number of benzene rings is 4. The summed E-state index contributed by atoms with van der Waals surface area (Å²) in [6.07, 6.45) is 4.81. The van der Waals surface area contributed by atoms with E-state index in [0.29, 0.717) is 16.7 Å². The van der Waals surface area contributed by atoms with Crippen molar-refractivity contribution < 1.29 is 22.0 Å². The van der Waals surface area contributed by atoms with E-state index >= 15 is 0 Å². The van der Waals surface area contributed by atoms with Crippen molar-refractivity contribution in [2.24, 2.45) is 0 Å². The Kier molecular flexibility index (Phi) is 10.1. The summed E-state index contributed by atoms with van der Waals surface area (Å²) < 4.78 is 67.5. The zero-order valence-electron chi connectivity index (χ0n) is 22.8. The number of hydrogen-bond acceptors (Lipinski definition) is 0. The minimum Gasteiger partial charge on any atom is -0.206 e. The van der Waals surface area contributed by atoms with E-state index in [-0.39, 0.29) is 5.82 Å². The van der Waals surface area contributed by atoms with Crippen LogP contribution in [0.1, 0.15) is 67.2 Å². The average molecular weight is 551 g/mol. The Bertz CT molecular complexity index is 1370. The fourth-order valence-electron chi connectivity index (χ4n) is 5.01. The van der Waals surface area contributed by atoms with Crippen molar-refractivity contribution in [3.8, 4) is 22.3 Å². The van der Waals surface area contributed by atoms with Gasteiger partial charge in [0.2, 0.25) is 0 Å². The van der Waals surface area contributed by atoms with Gasteiger partial charge in [-0.2, -0.15) is 13.2 Å². The van der Waals surface area contributed by atoms with Gasteiger partial charge in [-0.05, 0) is 79.1 Å². The van der Waals surface area contributed by atoms with Crippen molar-refractivity contribution >= 4 is 0 Å². The van der Waals surface area contributed by atoms with Crippen LogP contribution in [0.5, 0.6) is 0 Å². The van der Waals surface area contributed by atoms with Crippen LogP contribution in [0.3, 0.4) is 0 Å². The first-order valence-electron chi connectivity index (χ1n) is 14.0. The molecule has 40 heavy (non-hydrogen) atoms. The van der Waals surface area contributed by atoms with Crippen molar-refractivity contribution in [1.82, 2.24) is 0 Å². The van der Waals surface area contributed by atoms with Crippen LogP contribution in [0.4, 0.5) is 22.0 Å². The SMILES string of the molecule is Cc1ccc(-c2ccc(CCCCCCCCCc3ccc(-c4ccc(C(F)(F)F)cc4)c(F)c3)cc2F)cc1. The van der Waals surface area contributed by atoms with Gasteiger partial charge in [-0.25, -0.2) is 8.78 Å². The van der Waals surface area contributed by atoms with Gasteiger partial charge in [0, 0.05) is 11.1 Å². The Morgan fingerprint density at radius 1 is 0.500 bits per heavy atom. The lowest BCUT2D eigenvalue weighted by molar-refractivity contribution is -0.137. The molecule has 0 nitrogen and oxygen atoms in total. The van der Waals surface area contributed by atoms with E-state index in [4.69, 9.17) is 0 Å². The lowest BCUT2D eigenvalue weighted by atomic mass is 9.98. The van der Waals surface area contributed by atoms with E-state index in [9.17, 15) is 22.0 Å². The van der Waals surface area contributed by atoms with Crippen LogP contribution in [0, 0.1) is 18.6 Å². The molecule has 0 saturated heterocycles. The van der Waals surface area contributed by atoms with Crippen LogP contribution in [-0.4, -0.2) is 0 Å². The second kappa shape index (κ2) is 13.7. The molecule has 0 N–H and O–H groups in total. The van der Waals surface area contributed by atoms with Gasteiger partial charge in [-0.15, -0.1) is 0 Å². The molecule has 210 valence electrons. The summed E-state index contributed by atoms with van der Waals surface area (Å²) in [5, 5.41) is 0. The van der Waals surface area contributed by atoms with Gasteiger partial charge in [-0.1, -0.05) is 98.3 Å². The van der Waals surface area contributed by atoms with Crippen LogP contribution < -0.4 is 0 Å². The molecule has 0 radical (unpaired) electrons. The van der Waals surface area contributed by atoms with Crippen molar-refractivity contribution in [2.75, 3.05) is 0 Å². The fraction of sp³-hybridized carbons (Fsp3) is 0.314. The topological polar surface area (TPSA) is 0 Å². The van der Waals surface area contributed by atoms with Gasteiger partial charge in [-0.3, -0.25) is 0 Å². The molecule has 0 fully saturated rings. The third kappa shape index (κ3) is 8.27. The summed E-state index contributed by atoms with van der Waals surface area (Å²) in [4.78, 5) is 0. The summed E-state index contributed by atoms with van der Waals surface area (Å²) in [6, 6.07) is 23.0. The van der Waals surface area contributed by atoms with Crippen molar-refractivity contribution in [1.29, 1.82) is 0 Å². The summed E-state index contributed by atoms with van der Waals surface area (Å²) >= 11 is 0. The van der Waals surface area contributed by atoms with Gasteiger partial charge < -0.3 is 0 Å². The summed E-state index contributed by atoms with van der Waals surface area (Å²) in [5.41, 5.74) is 4.62. The first kappa shape index (κ1) is 29.5. The van der Waals surface area contributed by atoms with E-state index in [2.05, 4.69) is 0 Å². The fourth-order valence-corrected chi connectivity index (χ4v) is 5.01. The van der Waals surface area contributed by atoms with Crippen molar-refractivity contribution in [3.63, 3.8) is 0 Å². The van der Waals surface area contributed by atoms with Crippen LogP contribution >= 0.6 is 0 Å². The van der Waals surface area contributed by atoms with E-state index in [1.165, 1.54) is 18.2 Å². The van der Waals surface area contributed by atoms with Crippen LogP contribution in [-0.2, 0) is 19.0 Å². The van der Waals surface area contributed by atoms with E-state index in [1.807, 2.05) is 49.4 Å². The minimum absolute atomic E-state index is 0.171. The molecule has 0 aliphatic carbocycles. The largest absolute Gasteiger partial charge is 0.416 e. The van der Waals surface area contributed by atoms with Crippen molar-refractivity contribution in [3.05, 3.63) is 119 Å². The number of alkyl halides is 3. The van der Waals surface area contributed by atoms with Gasteiger partial charge in [0.05, 0.1) is 5.56 Å². The molecular formula is C35H35F5. The second-order valence-electron chi connectivity index (χ2n) is 10.5. The number of unbranched alkanes of at least 4 members (excludes halogenated alkanes) is 6. The third-order valence-corrected chi connectivity index (χ3v) is 7.38. The highest BCUT2D eigenvalue weighted by atomic mass is 19.4. The van der Waals surface area contributed by atoms with E-state index < -0.39 is 17.6 Å². The van der Waals surface area contributed by atoms with Crippen LogP contribution in [0.15, 0.2) is 84.9 Å². The molecule has 0 atom stereocenters. The monoisotopic (exact) mass is 550 g/mol.